The molecule has 0 radical (unpaired) electrons. The standard InChI is InChI=1S/C22H25N3O3S3/c1-3-10-25(17-9-11-31(27,28)14-17)20(26)13-29-21-18-12-19(16-7-5-4-6-8-16)30-22(18)24-15(2)23-21/h4-8,12,17H,3,9-11,13-14H2,1-2H3. The van der Waals surface area contributed by atoms with Crippen molar-refractivity contribution in [3.8, 4) is 10.4 Å². The fraction of sp³-hybridized carbons (Fsp3) is 0.409. The number of sulfone groups is 1. The molecule has 1 amide bonds. The summed E-state index contributed by atoms with van der Waals surface area (Å²) < 4.78 is 23.8. The molecule has 1 aliphatic rings. The average Bonchev–Trinajstić information content (AvgIpc) is 3.33. The van der Waals surface area contributed by atoms with Gasteiger partial charge in [-0.05, 0) is 31.4 Å². The number of amides is 1. The predicted molar refractivity (Wildman–Crippen MR) is 127 cm³/mol. The molecule has 3 heterocycles. The molecule has 4 rings (SSSR count). The number of nitrogens with zero attached hydrogens (tertiary/aromatic N) is 3. The summed E-state index contributed by atoms with van der Waals surface area (Å²) in [5.74, 6) is 1.12. The first kappa shape index (κ1) is 22.2. The van der Waals surface area contributed by atoms with Crippen molar-refractivity contribution in [2.45, 2.75) is 37.8 Å². The molecule has 1 atom stereocenters. The second kappa shape index (κ2) is 9.26. The van der Waals surface area contributed by atoms with Crippen molar-refractivity contribution in [3.05, 3.63) is 42.2 Å². The Kier molecular flexibility index (Phi) is 6.64. The molecule has 0 bridgehead atoms. The molecule has 1 unspecified atom stereocenters. The van der Waals surface area contributed by atoms with Gasteiger partial charge >= 0.3 is 0 Å². The van der Waals surface area contributed by atoms with Crippen LogP contribution < -0.4 is 0 Å². The molecule has 9 heteroatoms. The average molecular weight is 476 g/mol. The van der Waals surface area contributed by atoms with E-state index in [0.717, 1.165) is 32.1 Å². The lowest BCUT2D eigenvalue weighted by atomic mass is 10.2. The largest absolute Gasteiger partial charge is 0.338 e. The number of hydrogen-bond donors (Lipinski definition) is 0. The number of thiophene rings is 1. The summed E-state index contributed by atoms with van der Waals surface area (Å²) in [5, 5.41) is 1.75. The van der Waals surface area contributed by atoms with E-state index >= 15 is 0 Å². The number of aryl methyl sites for hydroxylation is 1. The third kappa shape index (κ3) is 5.10. The maximum absolute atomic E-state index is 13.0. The summed E-state index contributed by atoms with van der Waals surface area (Å²) in [6.07, 6.45) is 1.33. The molecule has 31 heavy (non-hydrogen) atoms. The van der Waals surface area contributed by atoms with Gasteiger partial charge in [-0.2, -0.15) is 0 Å². The first-order valence-corrected chi connectivity index (χ1v) is 13.9. The fourth-order valence-electron chi connectivity index (χ4n) is 3.84. The van der Waals surface area contributed by atoms with Crippen LogP contribution in [0.2, 0.25) is 0 Å². The highest BCUT2D eigenvalue weighted by Crippen LogP contribution is 2.36. The summed E-state index contributed by atoms with van der Waals surface area (Å²) in [4.78, 5) is 26.0. The predicted octanol–water partition coefficient (Wildman–Crippen LogP) is 4.18. The van der Waals surface area contributed by atoms with Crippen LogP contribution in [-0.4, -0.2) is 59.0 Å². The molecule has 0 saturated carbocycles. The topological polar surface area (TPSA) is 80.2 Å². The Bertz CT molecular complexity index is 1190. The van der Waals surface area contributed by atoms with Crippen molar-refractivity contribution in [2.75, 3.05) is 23.8 Å². The van der Waals surface area contributed by atoms with Gasteiger partial charge in [0.2, 0.25) is 5.91 Å². The van der Waals surface area contributed by atoms with Crippen molar-refractivity contribution < 1.29 is 13.2 Å². The van der Waals surface area contributed by atoms with E-state index in [1.165, 1.54) is 11.8 Å². The van der Waals surface area contributed by atoms with E-state index < -0.39 is 9.84 Å². The number of carbonyl (C=O) groups is 1. The SMILES string of the molecule is CCCN(C(=O)CSc1nc(C)nc2sc(-c3ccccc3)cc12)C1CCS(=O)(=O)C1. The van der Waals surface area contributed by atoms with E-state index in [9.17, 15) is 13.2 Å². The minimum absolute atomic E-state index is 0.0307. The third-order valence-corrected chi connectivity index (χ3v) is 9.10. The Balaban J connectivity index is 1.55. The van der Waals surface area contributed by atoms with Gasteiger partial charge in [-0.25, -0.2) is 18.4 Å². The minimum Gasteiger partial charge on any atom is -0.338 e. The van der Waals surface area contributed by atoms with Crippen LogP contribution in [0.25, 0.3) is 20.7 Å². The van der Waals surface area contributed by atoms with E-state index in [1.54, 1.807) is 16.2 Å². The van der Waals surface area contributed by atoms with Gasteiger partial charge in [-0.3, -0.25) is 4.79 Å². The maximum Gasteiger partial charge on any atom is 0.233 e. The van der Waals surface area contributed by atoms with E-state index in [2.05, 4.69) is 28.2 Å². The lowest BCUT2D eigenvalue weighted by Crippen LogP contribution is -2.42. The summed E-state index contributed by atoms with van der Waals surface area (Å²) in [5.41, 5.74) is 1.13. The molecule has 1 saturated heterocycles. The summed E-state index contributed by atoms with van der Waals surface area (Å²) in [6.45, 7) is 4.44. The first-order chi connectivity index (χ1) is 14.9. The van der Waals surface area contributed by atoms with Crippen LogP contribution in [0.4, 0.5) is 0 Å². The molecule has 6 nitrogen and oxygen atoms in total. The molecule has 3 aromatic rings. The maximum atomic E-state index is 13.0. The van der Waals surface area contributed by atoms with Crippen molar-refractivity contribution in [1.29, 1.82) is 0 Å². The second-order valence-corrected chi connectivity index (χ2v) is 11.9. The van der Waals surface area contributed by atoms with E-state index in [-0.39, 0.29) is 29.2 Å². The van der Waals surface area contributed by atoms with Gasteiger partial charge in [0.25, 0.3) is 0 Å². The van der Waals surface area contributed by atoms with E-state index in [4.69, 9.17) is 0 Å². The highest BCUT2D eigenvalue weighted by atomic mass is 32.2. The smallest absolute Gasteiger partial charge is 0.233 e. The highest BCUT2D eigenvalue weighted by molar-refractivity contribution is 8.00. The zero-order valence-corrected chi connectivity index (χ0v) is 20.0. The molecular weight excluding hydrogens is 450 g/mol. The Labute approximate surface area is 191 Å². The number of aromatic nitrogens is 2. The number of thioether (sulfide) groups is 1. The Hall–Kier alpha value is -1.97. The zero-order chi connectivity index (χ0) is 22.0. The van der Waals surface area contributed by atoms with E-state index in [0.29, 0.717) is 18.8 Å². The number of benzene rings is 1. The Morgan fingerprint density at radius 2 is 2.03 bits per heavy atom. The molecule has 0 N–H and O–H groups in total. The third-order valence-electron chi connectivity index (χ3n) is 5.29. The monoisotopic (exact) mass is 475 g/mol. The summed E-state index contributed by atoms with van der Waals surface area (Å²) in [7, 11) is -3.04. The van der Waals surface area contributed by atoms with Crippen molar-refractivity contribution in [1.82, 2.24) is 14.9 Å². The Morgan fingerprint density at radius 1 is 1.26 bits per heavy atom. The number of hydrogen-bond acceptors (Lipinski definition) is 7. The minimum atomic E-state index is -3.04. The van der Waals surface area contributed by atoms with Crippen LogP contribution in [0.5, 0.6) is 0 Å². The van der Waals surface area contributed by atoms with Gasteiger partial charge in [0, 0.05) is 22.8 Å². The fourth-order valence-corrected chi connectivity index (χ4v) is 7.65. The number of rotatable bonds is 7. The molecule has 1 aliphatic heterocycles. The number of carbonyl (C=O) groups excluding carboxylic acids is 1. The first-order valence-electron chi connectivity index (χ1n) is 10.3. The van der Waals surface area contributed by atoms with Crippen molar-refractivity contribution in [3.63, 3.8) is 0 Å². The quantitative estimate of drug-likeness (QED) is 0.377. The van der Waals surface area contributed by atoms with Gasteiger partial charge in [0.15, 0.2) is 9.84 Å². The van der Waals surface area contributed by atoms with Gasteiger partial charge in [-0.1, -0.05) is 49.0 Å². The van der Waals surface area contributed by atoms with Crippen LogP contribution in [0, 0.1) is 6.92 Å². The van der Waals surface area contributed by atoms with Gasteiger partial charge in [-0.15, -0.1) is 11.3 Å². The lowest BCUT2D eigenvalue weighted by Gasteiger charge is -2.27. The van der Waals surface area contributed by atoms with Gasteiger partial charge < -0.3 is 4.90 Å². The molecule has 0 aliphatic carbocycles. The summed E-state index contributed by atoms with van der Waals surface area (Å²) >= 11 is 3.03. The molecule has 1 fully saturated rings. The van der Waals surface area contributed by atoms with Crippen LogP contribution in [0.3, 0.4) is 0 Å². The van der Waals surface area contributed by atoms with E-state index in [1.807, 2.05) is 32.0 Å². The van der Waals surface area contributed by atoms with Gasteiger partial charge in [0.1, 0.15) is 15.7 Å². The molecular formula is C22H25N3O3S3. The summed E-state index contributed by atoms with van der Waals surface area (Å²) in [6, 6.07) is 12.0. The molecule has 1 aromatic carbocycles. The van der Waals surface area contributed by atoms with Crippen LogP contribution in [-0.2, 0) is 14.6 Å². The van der Waals surface area contributed by atoms with Gasteiger partial charge in [0.05, 0.1) is 17.3 Å². The van der Waals surface area contributed by atoms with Crippen LogP contribution in [0.15, 0.2) is 41.4 Å². The van der Waals surface area contributed by atoms with Crippen LogP contribution >= 0.6 is 23.1 Å². The molecule has 0 spiro atoms. The second-order valence-electron chi connectivity index (χ2n) is 7.70. The lowest BCUT2D eigenvalue weighted by molar-refractivity contribution is -0.130. The molecule has 2 aromatic heterocycles. The normalized spacial score (nSPS) is 17.8. The van der Waals surface area contributed by atoms with Crippen molar-refractivity contribution in [2.24, 2.45) is 0 Å². The molecule has 164 valence electrons. The Morgan fingerprint density at radius 3 is 2.71 bits per heavy atom. The van der Waals surface area contributed by atoms with Crippen LogP contribution in [0.1, 0.15) is 25.6 Å². The zero-order valence-electron chi connectivity index (χ0n) is 17.6. The van der Waals surface area contributed by atoms with Crippen molar-refractivity contribution >= 4 is 49.1 Å². The highest BCUT2D eigenvalue weighted by Gasteiger charge is 2.34. The number of fused-ring (bicyclic) bond motifs is 1.